The largest absolute Gasteiger partial charge is 0.373 e. The molecular formula is C42H70NO+. The van der Waals surface area contributed by atoms with Gasteiger partial charge in [0.25, 0.3) is 0 Å². The summed E-state index contributed by atoms with van der Waals surface area (Å²) in [5.74, 6) is 3.51. The van der Waals surface area contributed by atoms with Crippen LogP contribution in [0, 0.1) is 29.1 Å². The van der Waals surface area contributed by atoms with Crippen LogP contribution in [0.25, 0.3) is 0 Å². The molecule has 0 aromatic carbocycles. The van der Waals surface area contributed by atoms with Gasteiger partial charge in [0, 0.05) is 18.6 Å². The van der Waals surface area contributed by atoms with Crippen molar-refractivity contribution in [2.45, 2.75) is 163 Å². The van der Waals surface area contributed by atoms with E-state index in [1.165, 1.54) is 101 Å². The summed E-state index contributed by atoms with van der Waals surface area (Å²) < 4.78 is 9.20. The Morgan fingerprint density at radius 3 is 2.20 bits per heavy atom. The number of hydrogen-bond acceptors (Lipinski definition) is 1. The zero-order chi connectivity index (χ0) is 31.8. The molecule has 0 bridgehead atoms. The molecule has 248 valence electrons. The third-order valence-corrected chi connectivity index (χ3v) is 11.5. The maximum atomic E-state index is 6.78. The molecule has 0 aliphatic heterocycles. The smallest absolute Gasteiger partial charge is 0.169 e. The summed E-state index contributed by atoms with van der Waals surface area (Å²) >= 11 is 0. The fourth-order valence-electron chi connectivity index (χ4n) is 7.74. The van der Waals surface area contributed by atoms with Crippen molar-refractivity contribution in [3.05, 3.63) is 66.0 Å². The third kappa shape index (κ3) is 11.6. The Morgan fingerprint density at radius 2 is 1.59 bits per heavy atom. The lowest BCUT2D eigenvalue weighted by Gasteiger charge is -2.47. The van der Waals surface area contributed by atoms with Crippen molar-refractivity contribution >= 4 is 0 Å². The molecule has 1 fully saturated rings. The first-order valence-corrected chi connectivity index (χ1v) is 19.0. The molecule has 2 nitrogen and oxygen atoms in total. The molecule has 2 aliphatic carbocycles. The van der Waals surface area contributed by atoms with E-state index in [-0.39, 0.29) is 11.5 Å². The van der Waals surface area contributed by atoms with E-state index in [0.717, 1.165) is 37.3 Å². The van der Waals surface area contributed by atoms with Gasteiger partial charge in [0.05, 0.1) is 12.7 Å². The molecule has 2 aliphatic rings. The average Bonchev–Trinajstić information content (AvgIpc) is 3.29. The van der Waals surface area contributed by atoms with Crippen LogP contribution in [0.5, 0.6) is 0 Å². The van der Waals surface area contributed by atoms with Crippen molar-refractivity contribution in [3.8, 4) is 0 Å². The van der Waals surface area contributed by atoms with Crippen LogP contribution < -0.4 is 4.57 Å². The molecule has 1 aromatic heterocycles. The third-order valence-electron chi connectivity index (χ3n) is 11.5. The lowest BCUT2D eigenvalue weighted by Crippen LogP contribution is -2.39. The number of pyridine rings is 1. The minimum atomic E-state index is 0.132. The molecule has 3 rings (SSSR count). The van der Waals surface area contributed by atoms with Crippen LogP contribution in [-0.2, 0) is 11.3 Å². The highest BCUT2D eigenvalue weighted by Gasteiger charge is 2.42. The molecule has 1 saturated carbocycles. The number of nitrogens with zero attached hydrogens (tertiary/aromatic N) is 1. The molecule has 0 N–H and O–H groups in total. The van der Waals surface area contributed by atoms with Crippen molar-refractivity contribution in [2.75, 3.05) is 6.61 Å². The summed E-state index contributed by atoms with van der Waals surface area (Å²) in [6, 6.07) is 4.85. The second-order valence-corrected chi connectivity index (χ2v) is 14.8. The minimum absolute atomic E-state index is 0.132. The van der Waals surface area contributed by atoms with Crippen molar-refractivity contribution in [1.82, 2.24) is 0 Å². The van der Waals surface area contributed by atoms with E-state index in [1.807, 2.05) is 0 Å². The summed E-state index contributed by atoms with van der Waals surface area (Å²) in [6.07, 6.45) is 36.3. The summed E-state index contributed by atoms with van der Waals surface area (Å²) in [4.78, 5) is 0. The maximum absolute atomic E-state index is 6.78. The van der Waals surface area contributed by atoms with Crippen molar-refractivity contribution in [3.63, 3.8) is 0 Å². The number of aromatic nitrogens is 1. The summed E-state index contributed by atoms with van der Waals surface area (Å²) in [5, 5.41) is 0. The molecule has 0 amide bonds. The second-order valence-electron chi connectivity index (χ2n) is 14.8. The molecule has 7 atom stereocenters. The van der Waals surface area contributed by atoms with E-state index >= 15 is 0 Å². The van der Waals surface area contributed by atoms with Crippen molar-refractivity contribution in [2.24, 2.45) is 29.1 Å². The topological polar surface area (TPSA) is 13.1 Å². The maximum Gasteiger partial charge on any atom is 0.169 e. The Bertz CT molecular complexity index is 1010. The standard InChI is InChI=1S/C42H70NO/c1-8-12-13-14-15-16-17-18-28-43-29-26-38(27-30-43)35(6)41-25-24-40(41)32-42(11-4,31-34(5)9-2)33-44-36(7)39-21-19-20-37(10-3)22-23-39/h19-23,26-27,29-30,34-37,40-41H,8-18,24-25,28,31-33H2,1-7H3/q+1. The molecule has 7 unspecified atom stereocenters. The fourth-order valence-corrected chi connectivity index (χ4v) is 7.74. The first-order valence-electron chi connectivity index (χ1n) is 19.0. The molecule has 2 heteroatoms. The first kappa shape index (κ1) is 36.8. The predicted octanol–water partition coefficient (Wildman–Crippen LogP) is 12.0. The quantitative estimate of drug-likeness (QED) is 0.0947. The van der Waals surface area contributed by atoms with Crippen LogP contribution in [-0.4, -0.2) is 12.7 Å². The molecule has 44 heavy (non-hydrogen) atoms. The predicted molar refractivity (Wildman–Crippen MR) is 191 cm³/mol. The van der Waals surface area contributed by atoms with E-state index in [9.17, 15) is 0 Å². The highest BCUT2D eigenvalue weighted by Crippen LogP contribution is 2.51. The van der Waals surface area contributed by atoms with E-state index in [2.05, 4.69) is 108 Å². The normalized spacial score (nSPS) is 23.3. The number of unbranched alkanes of at least 4 members (excludes halogenated alkanes) is 7. The highest BCUT2D eigenvalue weighted by atomic mass is 16.5. The summed E-state index contributed by atoms with van der Waals surface area (Å²) in [7, 11) is 0. The van der Waals surface area contributed by atoms with Crippen LogP contribution in [0.1, 0.15) is 156 Å². The SMILES string of the molecule is CCCCCCCCCC[n+]1ccc(C(C)C2CCC2CC(CC)(COC(C)C2=CC=CC(CC)C=C2)CC(C)CC)cc1. The number of ether oxygens (including phenoxy) is 1. The number of hydrogen-bond donors (Lipinski definition) is 0. The van der Waals surface area contributed by atoms with E-state index in [1.54, 1.807) is 0 Å². The summed E-state index contributed by atoms with van der Waals surface area (Å²) in [6.45, 7) is 18.6. The van der Waals surface area contributed by atoms with Crippen molar-refractivity contribution in [1.29, 1.82) is 0 Å². The van der Waals surface area contributed by atoms with E-state index < -0.39 is 0 Å². The lowest BCUT2D eigenvalue weighted by atomic mass is 9.59. The lowest BCUT2D eigenvalue weighted by molar-refractivity contribution is -0.697. The van der Waals surface area contributed by atoms with Gasteiger partial charge < -0.3 is 4.74 Å². The van der Waals surface area contributed by atoms with E-state index in [0.29, 0.717) is 11.8 Å². The van der Waals surface area contributed by atoms with Gasteiger partial charge in [-0.15, -0.1) is 0 Å². The Morgan fingerprint density at radius 1 is 0.886 bits per heavy atom. The van der Waals surface area contributed by atoms with Gasteiger partial charge in [-0.3, -0.25) is 0 Å². The molecule has 0 radical (unpaired) electrons. The van der Waals surface area contributed by atoms with Crippen LogP contribution in [0.3, 0.4) is 0 Å². The second kappa shape index (κ2) is 19.8. The van der Waals surface area contributed by atoms with Gasteiger partial charge in [-0.2, -0.15) is 0 Å². The monoisotopic (exact) mass is 605 g/mol. The minimum Gasteiger partial charge on any atom is -0.373 e. The van der Waals surface area contributed by atoms with Gasteiger partial charge in [-0.1, -0.05) is 117 Å². The Kier molecular flexibility index (Phi) is 16.5. The molecular weight excluding hydrogens is 534 g/mol. The van der Waals surface area contributed by atoms with Crippen LogP contribution >= 0.6 is 0 Å². The highest BCUT2D eigenvalue weighted by molar-refractivity contribution is 5.31. The van der Waals surface area contributed by atoms with Gasteiger partial charge in [0.2, 0.25) is 0 Å². The summed E-state index contributed by atoms with van der Waals surface area (Å²) in [5.41, 5.74) is 3.11. The van der Waals surface area contributed by atoms with Gasteiger partial charge in [0.1, 0.15) is 6.54 Å². The van der Waals surface area contributed by atoms with Crippen LogP contribution in [0.2, 0.25) is 0 Å². The molecule has 1 aromatic rings. The van der Waals surface area contributed by atoms with Gasteiger partial charge in [-0.05, 0) is 98.0 Å². The van der Waals surface area contributed by atoms with E-state index in [4.69, 9.17) is 4.74 Å². The Balaban J connectivity index is 1.55. The number of allylic oxidation sites excluding steroid dienone is 4. The van der Waals surface area contributed by atoms with Gasteiger partial charge in [-0.25, -0.2) is 4.57 Å². The fraction of sp³-hybridized carbons (Fsp3) is 0.738. The zero-order valence-electron chi connectivity index (χ0n) is 30.0. The number of aryl methyl sites for hydroxylation is 1. The van der Waals surface area contributed by atoms with Crippen LogP contribution in [0.4, 0.5) is 0 Å². The number of rotatable bonds is 22. The van der Waals surface area contributed by atoms with Crippen molar-refractivity contribution < 1.29 is 9.30 Å². The molecule has 1 heterocycles. The average molecular weight is 605 g/mol. The van der Waals surface area contributed by atoms with Crippen LogP contribution in [0.15, 0.2) is 60.5 Å². The van der Waals surface area contributed by atoms with Gasteiger partial charge in [0.15, 0.2) is 12.4 Å². The zero-order valence-corrected chi connectivity index (χ0v) is 30.0. The molecule has 0 saturated heterocycles. The Labute approximate surface area is 273 Å². The Hall–Kier alpha value is -1.67. The molecule has 0 spiro atoms. The van der Waals surface area contributed by atoms with Gasteiger partial charge >= 0.3 is 0 Å². The first-order chi connectivity index (χ1) is 21.3.